The van der Waals surface area contributed by atoms with E-state index in [-0.39, 0.29) is 12.1 Å². The summed E-state index contributed by atoms with van der Waals surface area (Å²) < 4.78 is 7.72. The van der Waals surface area contributed by atoms with E-state index in [1.165, 1.54) is 0 Å². The predicted octanol–water partition coefficient (Wildman–Crippen LogP) is 3.65. The number of nitrogens with one attached hydrogen (secondary N) is 1. The number of aryl methyl sites for hydroxylation is 1. The van der Waals surface area contributed by atoms with Gasteiger partial charge in [0.2, 0.25) is 5.89 Å². The Morgan fingerprint density at radius 1 is 1.41 bits per heavy atom. The molecule has 3 heterocycles. The first-order valence-corrected chi connectivity index (χ1v) is 8.31. The molecule has 22 heavy (non-hydrogen) atoms. The summed E-state index contributed by atoms with van der Waals surface area (Å²) in [5.41, 5.74) is 2.00. The maximum absolute atomic E-state index is 5.76. The van der Waals surface area contributed by atoms with Gasteiger partial charge in [0.05, 0.1) is 11.7 Å². The molecule has 0 spiro atoms. The zero-order valence-corrected chi connectivity index (χ0v) is 13.8. The molecule has 0 aliphatic carbocycles. The third-order valence-corrected chi connectivity index (χ3v) is 4.60. The minimum atomic E-state index is 0.276. The van der Waals surface area contributed by atoms with Crippen LogP contribution in [0, 0.1) is 6.92 Å². The van der Waals surface area contributed by atoms with Crippen LogP contribution in [0.1, 0.15) is 31.3 Å². The third-order valence-electron chi connectivity index (χ3n) is 3.92. The van der Waals surface area contributed by atoms with Crippen LogP contribution in [0.5, 0.6) is 0 Å². The summed E-state index contributed by atoms with van der Waals surface area (Å²) in [4.78, 5) is 4.60. The van der Waals surface area contributed by atoms with Gasteiger partial charge in [0.1, 0.15) is 5.76 Å². The van der Waals surface area contributed by atoms with E-state index in [0.717, 1.165) is 17.0 Å². The number of hydrogen-bond acceptors (Lipinski definition) is 5. The van der Waals surface area contributed by atoms with Crippen LogP contribution in [-0.2, 0) is 6.54 Å². The molecule has 0 aliphatic rings. The van der Waals surface area contributed by atoms with Crippen molar-refractivity contribution in [1.29, 1.82) is 0 Å². The van der Waals surface area contributed by atoms with Crippen LogP contribution in [0.2, 0.25) is 0 Å². The molecule has 1 N–H and O–H groups in total. The van der Waals surface area contributed by atoms with Gasteiger partial charge in [0.15, 0.2) is 0 Å². The molecule has 5 nitrogen and oxygen atoms in total. The first kappa shape index (κ1) is 15.0. The lowest BCUT2D eigenvalue weighted by Crippen LogP contribution is -2.33. The van der Waals surface area contributed by atoms with Crippen molar-refractivity contribution in [2.45, 2.75) is 39.4 Å². The summed E-state index contributed by atoms with van der Waals surface area (Å²) in [6.07, 6.45) is 3.79. The fourth-order valence-corrected chi connectivity index (χ4v) is 2.91. The smallest absolute Gasteiger partial charge is 0.227 e. The van der Waals surface area contributed by atoms with Crippen molar-refractivity contribution in [3.8, 4) is 11.5 Å². The van der Waals surface area contributed by atoms with E-state index in [2.05, 4.69) is 29.2 Å². The maximum Gasteiger partial charge on any atom is 0.227 e. The fraction of sp³-hybridized carbons (Fsp3) is 0.375. The number of aromatic nitrogens is 3. The summed E-state index contributed by atoms with van der Waals surface area (Å²) in [7, 11) is 0. The Labute approximate surface area is 134 Å². The second-order valence-corrected chi connectivity index (χ2v) is 6.21. The van der Waals surface area contributed by atoms with Crippen LogP contribution < -0.4 is 5.32 Å². The Morgan fingerprint density at radius 3 is 2.95 bits per heavy atom. The van der Waals surface area contributed by atoms with Crippen molar-refractivity contribution >= 4 is 11.3 Å². The van der Waals surface area contributed by atoms with Crippen LogP contribution in [0.15, 0.2) is 39.7 Å². The van der Waals surface area contributed by atoms with Crippen LogP contribution in [0.25, 0.3) is 11.5 Å². The average molecular weight is 316 g/mol. The van der Waals surface area contributed by atoms with Crippen LogP contribution in [-0.4, -0.2) is 20.8 Å². The van der Waals surface area contributed by atoms with Gasteiger partial charge >= 0.3 is 0 Å². The van der Waals surface area contributed by atoms with Crippen molar-refractivity contribution < 1.29 is 4.42 Å². The number of rotatable bonds is 6. The Kier molecular flexibility index (Phi) is 4.40. The molecule has 0 unspecified atom stereocenters. The van der Waals surface area contributed by atoms with Gasteiger partial charge in [0.25, 0.3) is 0 Å². The predicted molar refractivity (Wildman–Crippen MR) is 87.8 cm³/mol. The van der Waals surface area contributed by atoms with Gasteiger partial charge in [-0.15, -0.1) is 0 Å². The lowest BCUT2D eigenvalue weighted by Gasteiger charge is -2.21. The van der Waals surface area contributed by atoms with Gasteiger partial charge in [-0.25, -0.2) is 4.98 Å². The molecule has 0 bridgehead atoms. The molecule has 0 aliphatic heterocycles. The van der Waals surface area contributed by atoms with E-state index < -0.39 is 0 Å². The lowest BCUT2D eigenvalue weighted by atomic mass is 10.1. The minimum Gasteiger partial charge on any atom is -0.441 e. The summed E-state index contributed by atoms with van der Waals surface area (Å²) in [5.74, 6) is 1.57. The normalized spacial score (nSPS) is 14.1. The second kappa shape index (κ2) is 6.46. The Hall–Kier alpha value is -1.92. The molecule has 6 heteroatoms. The molecule has 116 valence electrons. The van der Waals surface area contributed by atoms with Crippen molar-refractivity contribution in [2.24, 2.45) is 0 Å². The summed E-state index contributed by atoms with van der Waals surface area (Å²) in [6.45, 7) is 6.95. The molecular formula is C16H20N4OS. The minimum absolute atomic E-state index is 0.276. The van der Waals surface area contributed by atoms with E-state index in [1.807, 2.05) is 40.7 Å². The Bertz CT molecular complexity index is 703. The van der Waals surface area contributed by atoms with Crippen LogP contribution >= 0.6 is 11.3 Å². The number of nitrogens with zero attached hydrogens (tertiary/aromatic N) is 3. The number of hydrogen-bond donors (Lipinski definition) is 1. The maximum atomic E-state index is 5.76. The van der Waals surface area contributed by atoms with E-state index in [1.54, 1.807) is 17.5 Å². The van der Waals surface area contributed by atoms with Gasteiger partial charge in [0, 0.05) is 35.9 Å². The zero-order valence-electron chi connectivity index (χ0n) is 13.0. The fourth-order valence-electron chi connectivity index (χ4n) is 2.28. The van der Waals surface area contributed by atoms with Crippen LogP contribution in [0.4, 0.5) is 0 Å². The van der Waals surface area contributed by atoms with Gasteiger partial charge < -0.3 is 9.73 Å². The SMILES string of the molecule is Cc1oc(-c2ccsc2)nc1CN[C@H](C)[C@@H](C)n1cccn1. The van der Waals surface area contributed by atoms with Gasteiger partial charge in [-0.1, -0.05) is 0 Å². The Balaban J connectivity index is 1.64. The number of thiophene rings is 1. The van der Waals surface area contributed by atoms with Crippen molar-refractivity contribution in [2.75, 3.05) is 0 Å². The standard InChI is InChI=1S/C16H20N4OS/c1-11(12(2)20-7-4-6-18-20)17-9-15-13(3)21-16(19-15)14-5-8-22-10-14/h4-8,10-12,17H,9H2,1-3H3/t11-,12-/m1/s1. The van der Waals surface area contributed by atoms with Gasteiger partial charge in [-0.05, 0) is 38.3 Å². The van der Waals surface area contributed by atoms with Crippen molar-refractivity contribution in [3.63, 3.8) is 0 Å². The molecule has 0 saturated heterocycles. The summed E-state index contributed by atoms with van der Waals surface area (Å²) in [6, 6.07) is 4.52. The highest BCUT2D eigenvalue weighted by atomic mass is 32.1. The van der Waals surface area contributed by atoms with Crippen molar-refractivity contribution in [3.05, 3.63) is 46.7 Å². The molecule has 0 saturated carbocycles. The first-order chi connectivity index (χ1) is 10.6. The van der Waals surface area contributed by atoms with E-state index in [0.29, 0.717) is 12.4 Å². The molecule has 0 radical (unpaired) electrons. The lowest BCUT2D eigenvalue weighted by molar-refractivity contribution is 0.363. The Morgan fingerprint density at radius 2 is 2.27 bits per heavy atom. The van der Waals surface area contributed by atoms with Crippen molar-refractivity contribution in [1.82, 2.24) is 20.1 Å². The monoisotopic (exact) mass is 316 g/mol. The first-order valence-electron chi connectivity index (χ1n) is 7.36. The summed E-state index contributed by atoms with van der Waals surface area (Å²) >= 11 is 1.64. The highest BCUT2D eigenvalue weighted by Crippen LogP contribution is 2.24. The van der Waals surface area contributed by atoms with E-state index in [9.17, 15) is 0 Å². The summed E-state index contributed by atoms with van der Waals surface area (Å²) in [5, 5.41) is 11.9. The van der Waals surface area contributed by atoms with E-state index in [4.69, 9.17) is 4.42 Å². The average Bonchev–Trinajstić information content (AvgIpc) is 3.25. The largest absolute Gasteiger partial charge is 0.441 e. The zero-order chi connectivity index (χ0) is 15.5. The van der Waals surface area contributed by atoms with Gasteiger partial charge in [-0.3, -0.25) is 4.68 Å². The molecule has 3 aromatic rings. The molecule has 0 amide bonds. The quantitative estimate of drug-likeness (QED) is 0.754. The molecule has 2 atom stereocenters. The highest BCUT2D eigenvalue weighted by molar-refractivity contribution is 7.08. The van der Waals surface area contributed by atoms with Gasteiger partial charge in [-0.2, -0.15) is 16.4 Å². The highest BCUT2D eigenvalue weighted by Gasteiger charge is 2.16. The third kappa shape index (κ3) is 3.13. The van der Waals surface area contributed by atoms with E-state index >= 15 is 0 Å². The molecule has 0 fully saturated rings. The molecule has 3 aromatic heterocycles. The van der Waals surface area contributed by atoms with Crippen LogP contribution in [0.3, 0.4) is 0 Å². The molecule has 0 aromatic carbocycles. The number of oxazole rings is 1. The topological polar surface area (TPSA) is 55.9 Å². The second-order valence-electron chi connectivity index (χ2n) is 5.43. The molecular weight excluding hydrogens is 296 g/mol. The molecule has 3 rings (SSSR count).